The van der Waals surface area contributed by atoms with Crippen LogP contribution in [0.25, 0.3) is 0 Å². The van der Waals surface area contributed by atoms with Crippen molar-refractivity contribution in [3.8, 4) is 0 Å². The van der Waals surface area contributed by atoms with Crippen LogP contribution >= 0.6 is 11.8 Å². The molecule has 1 aliphatic rings. The van der Waals surface area contributed by atoms with Crippen LogP contribution in [0, 0.1) is 5.82 Å². The topological polar surface area (TPSA) is 29.3 Å². The molecular weight excluding hydrogens is 283 g/mol. The zero-order valence-corrected chi connectivity index (χ0v) is 12.7. The first-order chi connectivity index (χ1) is 10.2. The summed E-state index contributed by atoms with van der Waals surface area (Å²) in [6, 6.07) is 12.9. The molecule has 0 radical (unpaired) electrons. The van der Waals surface area contributed by atoms with E-state index in [4.69, 9.17) is 5.73 Å². The number of nitrogens with zero attached hydrogens (tertiary/aromatic N) is 1. The predicted molar refractivity (Wildman–Crippen MR) is 87.0 cm³/mol. The number of nitrogens with two attached hydrogens (primary N) is 1. The van der Waals surface area contributed by atoms with Crippen LogP contribution in [-0.2, 0) is 13.0 Å². The molecule has 1 heterocycles. The van der Waals surface area contributed by atoms with Crippen LogP contribution in [0.3, 0.4) is 0 Å². The highest BCUT2D eigenvalue weighted by molar-refractivity contribution is 7.99. The van der Waals surface area contributed by atoms with Crippen LogP contribution in [0.4, 0.5) is 10.1 Å². The van der Waals surface area contributed by atoms with E-state index in [0.717, 1.165) is 42.4 Å². The first-order valence-electron chi connectivity index (χ1n) is 7.19. The van der Waals surface area contributed by atoms with Gasteiger partial charge in [-0.3, -0.25) is 4.90 Å². The standard InChI is InChI=1S/C17H19FN2S/c18-14-4-6-15(7-5-14)21-11-10-20-9-8-16-13(12-20)2-1-3-17(16)19/h1-7H,8-12,19H2. The van der Waals surface area contributed by atoms with Crippen molar-refractivity contribution in [3.63, 3.8) is 0 Å². The number of anilines is 1. The van der Waals surface area contributed by atoms with Gasteiger partial charge in [0.2, 0.25) is 0 Å². The third kappa shape index (κ3) is 3.57. The number of hydrogen-bond acceptors (Lipinski definition) is 3. The second-order valence-electron chi connectivity index (χ2n) is 5.31. The van der Waals surface area contributed by atoms with Crippen molar-refractivity contribution in [2.45, 2.75) is 17.9 Å². The number of rotatable bonds is 4. The van der Waals surface area contributed by atoms with E-state index in [2.05, 4.69) is 11.0 Å². The first-order valence-corrected chi connectivity index (χ1v) is 8.18. The Morgan fingerprint density at radius 1 is 1.14 bits per heavy atom. The van der Waals surface area contributed by atoms with E-state index in [0.29, 0.717) is 0 Å². The number of fused-ring (bicyclic) bond motifs is 1. The summed E-state index contributed by atoms with van der Waals surface area (Å²) in [5, 5.41) is 0. The molecule has 1 aliphatic heterocycles. The lowest BCUT2D eigenvalue weighted by atomic mass is 9.98. The van der Waals surface area contributed by atoms with Crippen LogP contribution in [-0.4, -0.2) is 23.7 Å². The molecule has 0 spiro atoms. The van der Waals surface area contributed by atoms with E-state index in [9.17, 15) is 4.39 Å². The van der Waals surface area contributed by atoms with E-state index in [1.807, 2.05) is 24.3 Å². The van der Waals surface area contributed by atoms with Gasteiger partial charge in [-0.25, -0.2) is 4.39 Å². The molecule has 2 aromatic rings. The number of halogens is 1. The Balaban J connectivity index is 1.52. The smallest absolute Gasteiger partial charge is 0.123 e. The van der Waals surface area contributed by atoms with Gasteiger partial charge in [0, 0.05) is 36.0 Å². The minimum atomic E-state index is -0.176. The lowest BCUT2D eigenvalue weighted by Crippen LogP contribution is -2.32. The fourth-order valence-corrected chi connectivity index (χ4v) is 3.63. The van der Waals surface area contributed by atoms with Gasteiger partial charge in [-0.05, 0) is 47.9 Å². The van der Waals surface area contributed by atoms with Gasteiger partial charge < -0.3 is 5.73 Å². The van der Waals surface area contributed by atoms with E-state index >= 15 is 0 Å². The first kappa shape index (κ1) is 14.4. The molecule has 0 unspecified atom stereocenters. The number of thioether (sulfide) groups is 1. The molecule has 0 bridgehead atoms. The largest absolute Gasteiger partial charge is 0.398 e. The van der Waals surface area contributed by atoms with Gasteiger partial charge >= 0.3 is 0 Å². The van der Waals surface area contributed by atoms with Crippen molar-refractivity contribution in [2.24, 2.45) is 0 Å². The van der Waals surface area contributed by atoms with Crippen molar-refractivity contribution in [1.29, 1.82) is 0 Å². The fraction of sp³-hybridized carbons (Fsp3) is 0.294. The van der Waals surface area contributed by atoms with E-state index in [1.54, 1.807) is 11.8 Å². The molecule has 21 heavy (non-hydrogen) atoms. The lowest BCUT2D eigenvalue weighted by molar-refractivity contribution is 0.271. The summed E-state index contributed by atoms with van der Waals surface area (Å²) in [7, 11) is 0. The van der Waals surface area contributed by atoms with E-state index < -0.39 is 0 Å². The fourth-order valence-electron chi connectivity index (χ4n) is 2.71. The summed E-state index contributed by atoms with van der Waals surface area (Å²) in [6.45, 7) is 3.08. The maximum absolute atomic E-state index is 12.8. The third-order valence-electron chi connectivity index (χ3n) is 3.87. The van der Waals surface area contributed by atoms with Crippen molar-refractivity contribution >= 4 is 17.4 Å². The molecule has 0 saturated carbocycles. The maximum Gasteiger partial charge on any atom is 0.123 e. The molecule has 110 valence electrons. The van der Waals surface area contributed by atoms with Crippen molar-refractivity contribution < 1.29 is 4.39 Å². The Labute approximate surface area is 129 Å². The molecule has 0 aliphatic carbocycles. The molecule has 0 saturated heterocycles. The minimum Gasteiger partial charge on any atom is -0.398 e. The molecule has 2 nitrogen and oxygen atoms in total. The molecule has 0 atom stereocenters. The van der Waals surface area contributed by atoms with Crippen molar-refractivity contribution in [1.82, 2.24) is 4.90 Å². The van der Waals surface area contributed by atoms with E-state index in [1.165, 1.54) is 23.3 Å². The zero-order valence-electron chi connectivity index (χ0n) is 11.9. The number of benzene rings is 2. The number of hydrogen-bond donors (Lipinski definition) is 1. The molecule has 0 aromatic heterocycles. The van der Waals surface area contributed by atoms with E-state index in [-0.39, 0.29) is 5.82 Å². The van der Waals surface area contributed by atoms with Crippen LogP contribution < -0.4 is 5.73 Å². The maximum atomic E-state index is 12.8. The van der Waals surface area contributed by atoms with Gasteiger partial charge in [-0.2, -0.15) is 0 Å². The van der Waals surface area contributed by atoms with Gasteiger partial charge in [0.15, 0.2) is 0 Å². The van der Waals surface area contributed by atoms with Gasteiger partial charge in [0.05, 0.1) is 0 Å². The Kier molecular flexibility index (Phi) is 4.46. The Morgan fingerprint density at radius 2 is 1.95 bits per heavy atom. The van der Waals surface area contributed by atoms with Gasteiger partial charge in [0.25, 0.3) is 0 Å². The summed E-state index contributed by atoms with van der Waals surface area (Å²) in [4.78, 5) is 3.58. The SMILES string of the molecule is Nc1cccc2c1CCN(CCSc1ccc(F)cc1)C2. The van der Waals surface area contributed by atoms with Crippen LogP contribution in [0.5, 0.6) is 0 Å². The molecular formula is C17H19FN2S. The Morgan fingerprint density at radius 3 is 2.76 bits per heavy atom. The molecule has 0 fully saturated rings. The van der Waals surface area contributed by atoms with Crippen LogP contribution in [0.15, 0.2) is 47.4 Å². The second kappa shape index (κ2) is 6.50. The zero-order chi connectivity index (χ0) is 14.7. The molecule has 3 rings (SSSR count). The molecule has 4 heteroatoms. The van der Waals surface area contributed by atoms with Gasteiger partial charge in [-0.15, -0.1) is 11.8 Å². The average molecular weight is 302 g/mol. The lowest BCUT2D eigenvalue weighted by Gasteiger charge is -2.29. The highest BCUT2D eigenvalue weighted by Gasteiger charge is 2.17. The van der Waals surface area contributed by atoms with Crippen LogP contribution in [0.1, 0.15) is 11.1 Å². The summed E-state index contributed by atoms with van der Waals surface area (Å²) < 4.78 is 12.8. The monoisotopic (exact) mass is 302 g/mol. The highest BCUT2D eigenvalue weighted by Crippen LogP contribution is 2.25. The average Bonchev–Trinajstić information content (AvgIpc) is 2.49. The Bertz CT molecular complexity index is 613. The highest BCUT2D eigenvalue weighted by atomic mass is 32.2. The summed E-state index contributed by atoms with van der Waals surface area (Å²) in [6.07, 6.45) is 1.03. The van der Waals surface area contributed by atoms with Gasteiger partial charge in [0.1, 0.15) is 5.82 Å². The number of nitrogen functional groups attached to an aromatic ring is 1. The second-order valence-corrected chi connectivity index (χ2v) is 6.48. The Hall–Kier alpha value is -1.52. The summed E-state index contributed by atoms with van der Waals surface area (Å²) in [5.74, 6) is 0.841. The molecule has 0 amide bonds. The summed E-state index contributed by atoms with van der Waals surface area (Å²) in [5.41, 5.74) is 9.62. The molecule has 2 N–H and O–H groups in total. The van der Waals surface area contributed by atoms with Crippen LogP contribution in [0.2, 0.25) is 0 Å². The predicted octanol–water partition coefficient (Wildman–Crippen LogP) is 3.56. The molecule has 2 aromatic carbocycles. The van der Waals surface area contributed by atoms with Crippen molar-refractivity contribution in [2.75, 3.05) is 24.6 Å². The quantitative estimate of drug-likeness (QED) is 0.692. The minimum absolute atomic E-state index is 0.176. The van der Waals surface area contributed by atoms with Crippen molar-refractivity contribution in [3.05, 3.63) is 59.4 Å². The van der Waals surface area contributed by atoms with Gasteiger partial charge in [-0.1, -0.05) is 12.1 Å². The third-order valence-corrected chi connectivity index (χ3v) is 4.86. The normalized spacial score (nSPS) is 14.9. The summed E-state index contributed by atoms with van der Waals surface area (Å²) >= 11 is 1.77.